The van der Waals surface area contributed by atoms with Crippen LogP contribution in [0, 0.1) is 0 Å². The maximum Gasteiger partial charge on any atom is 0.284 e. The van der Waals surface area contributed by atoms with Gasteiger partial charge in [0.05, 0.1) is 0 Å². The fraction of sp³-hybridized carbons (Fsp3) is 0.400. The Morgan fingerprint density at radius 3 is 2.43 bits per heavy atom. The second kappa shape index (κ2) is 1.37. The molecule has 0 saturated carbocycles. The van der Waals surface area contributed by atoms with Gasteiger partial charge >= 0.3 is 0 Å². The molecule has 0 aliphatic carbocycles. The smallest absolute Gasteiger partial charge is 0.244 e. The lowest BCUT2D eigenvalue weighted by Gasteiger charge is -1.78. The summed E-state index contributed by atoms with van der Waals surface area (Å²) in [6, 6.07) is 0. The van der Waals surface area contributed by atoms with E-state index in [1.54, 1.807) is 6.34 Å². The van der Waals surface area contributed by atoms with E-state index in [0.29, 0.717) is 0 Å². The zero-order chi connectivity index (χ0) is 5.28. The van der Waals surface area contributed by atoms with Gasteiger partial charge in [-0.1, -0.05) is 4.99 Å². The lowest BCUT2D eigenvalue weighted by molar-refractivity contribution is 1.11. The average Bonchev–Trinajstić information content (AvgIpc) is 1.91. The Bertz CT molecular complexity index is 133. The molecule has 0 aromatic carbocycles. The highest BCUT2D eigenvalue weighted by molar-refractivity contribution is 5.61. The maximum absolute atomic E-state index is 3.96. The summed E-state index contributed by atoms with van der Waals surface area (Å²) in [5.74, 6) is 0. The molecule has 1 N–H and O–H groups in total. The number of aliphatic imine (C=N–C) groups is 1. The highest BCUT2D eigenvalue weighted by atomic mass is 15.0. The minimum absolute atomic E-state index is 1.08. The minimum Gasteiger partial charge on any atom is -0.244 e. The zero-order valence-corrected chi connectivity index (χ0v) is 4.52. The summed E-state index contributed by atoms with van der Waals surface area (Å²) in [5, 5.41) is 2.96. The maximum atomic E-state index is 3.96. The van der Waals surface area contributed by atoms with Crippen LogP contribution in [-0.4, -0.2) is 6.34 Å². The topological polar surface area (TPSA) is 26.1 Å². The van der Waals surface area contributed by atoms with Crippen molar-refractivity contribution in [3.8, 4) is 0 Å². The van der Waals surface area contributed by atoms with Gasteiger partial charge in [0, 0.05) is 13.8 Å². The van der Waals surface area contributed by atoms with Crippen LogP contribution < -0.4 is 10.3 Å². The molecule has 1 heterocycles. The second-order valence-corrected chi connectivity index (χ2v) is 1.61. The van der Waals surface area contributed by atoms with E-state index in [1.165, 1.54) is 0 Å². The number of nitrogens with one attached hydrogen (secondary N) is 1. The molecule has 1 radical (unpaired) electrons. The van der Waals surface area contributed by atoms with Crippen LogP contribution in [0.1, 0.15) is 13.8 Å². The van der Waals surface area contributed by atoms with Crippen LogP contribution in [0.25, 0.3) is 0 Å². The van der Waals surface area contributed by atoms with Crippen LogP contribution in [0.5, 0.6) is 0 Å². The molecule has 0 aromatic heterocycles. The number of hydrogen-bond acceptors (Lipinski definition) is 2. The lowest BCUT2D eigenvalue weighted by atomic mass is 10.4. The van der Waals surface area contributed by atoms with Gasteiger partial charge in [0.1, 0.15) is 5.70 Å². The van der Waals surface area contributed by atoms with Gasteiger partial charge in [0.15, 0.2) is 5.70 Å². The SMILES string of the molecule is CC1=C(C)NC=[N+]1. The van der Waals surface area contributed by atoms with Gasteiger partial charge in [0.2, 0.25) is 0 Å². The van der Waals surface area contributed by atoms with E-state index >= 15 is 0 Å². The van der Waals surface area contributed by atoms with Crippen LogP contribution in [0.2, 0.25) is 0 Å². The Labute approximate surface area is 42.9 Å². The van der Waals surface area contributed by atoms with E-state index in [1.807, 2.05) is 13.8 Å². The molecule has 0 spiro atoms. The normalized spacial score (nSPS) is 18.0. The van der Waals surface area contributed by atoms with Gasteiger partial charge in [-0.25, -0.2) is 5.32 Å². The van der Waals surface area contributed by atoms with Crippen molar-refractivity contribution in [1.82, 2.24) is 10.3 Å². The van der Waals surface area contributed by atoms with E-state index in [0.717, 1.165) is 11.4 Å². The number of hydrogen-bond donors (Lipinski definition) is 1. The molecule has 0 aromatic rings. The molecule has 2 nitrogen and oxygen atoms in total. The molecule has 2 heteroatoms. The Kier molecular flexibility index (Phi) is 0.855. The molecule has 0 saturated heterocycles. The first-order valence-corrected chi connectivity index (χ1v) is 2.27. The molecule has 0 amide bonds. The van der Waals surface area contributed by atoms with Gasteiger partial charge in [-0.05, 0) is 0 Å². The third kappa shape index (κ3) is 0.633. The third-order valence-electron chi connectivity index (χ3n) is 1.08. The molecule has 37 valence electrons. The first-order chi connectivity index (χ1) is 3.30. The van der Waals surface area contributed by atoms with Crippen molar-refractivity contribution in [1.29, 1.82) is 0 Å². The molecule has 0 unspecified atom stereocenters. The molecular weight excluding hydrogens is 88.1 g/mol. The molecule has 1 rings (SSSR count). The van der Waals surface area contributed by atoms with E-state index in [9.17, 15) is 0 Å². The zero-order valence-electron chi connectivity index (χ0n) is 4.52. The predicted molar refractivity (Wildman–Crippen MR) is 29.7 cm³/mol. The van der Waals surface area contributed by atoms with Crippen molar-refractivity contribution in [2.75, 3.05) is 0 Å². The van der Waals surface area contributed by atoms with E-state index in [2.05, 4.69) is 10.3 Å². The summed E-state index contributed by atoms with van der Waals surface area (Å²) in [5.41, 5.74) is 2.24. The average molecular weight is 96.1 g/mol. The highest BCUT2D eigenvalue weighted by Crippen LogP contribution is 1.95. The lowest BCUT2D eigenvalue weighted by Crippen LogP contribution is -2.02. The minimum atomic E-state index is 1.08. The Morgan fingerprint density at radius 1 is 1.57 bits per heavy atom. The molecular formula is C5H8N2+. The van der Waals surface area contributed by atoms with Gasteiger partial charge in [-0.15, -0.1) is 0 Å². The van der Waals surface area contributed by atoms with Crippen molar-refractivity contribution in [2.45, 2.75) is 13.8 Å². The van der Waals surface area contributed by atoms with E-state index < -0.39 is 0 Å². The standard InChI is InChI=1S/C5H8N2/c1-4-5(2)7-3-6-4/h3,6H,1-2H3/q+1. The number of rotatable bonds is 0. The predicted octanol–water partition coefficient (Wildman–Crippen LogP) is 0.205. The van der Waals surface area contributed by atoms with E-state index in [4.69, 9.17) is 0 Å². The molecule has 1 aliphatic heterocycles. The summed E-state index contributed by atoms with van der Waals surface area (Å²) in [7, 11) is 0. The van der Waals surface area contributed by atoms with Crippen LogP contribution >= 0.6 is 0 Å². The summed E-state index contributed by atoms with van der Waals surface area (Å²) in [6.07, 6.45) is 1.70. The summed E-state index contributed by atoms with van der Waals surface area (Å²) < 4.78 is 0. The summed E-state index contributed by atoms with van der Waals surface area (Å²) in [4.78, 5) is 3.96. The molecule has 0 bridgehead atoms. The largest absolute Gasteiger partial charge is 0.284 e. The molecule has 0 fully saturated rings. The molecule has 1 aliphatic rings. The van der Waals surface area contributed by atoms with Gasteiger partial charge in [0.25, 0.3) is 6.34 Å². The van der Waals surface area contributed by atoms with Crippen LogP contribution in [-0.2, 0) is 0 Å². The summed E-state index contributed by atoms with van der Waals surface area (Å²) in [6.45, 7) is 3.98. The van der Waals surface area contributed by atoms with Crippen molar-refractivity contribution < 1.29 is 0 Å². The van der Waals surface area contributed by atoms with Crippen LogP contribution in [0.15, 0.2) is 11.4 Å². The quantitative estimate of drug-likeness (QED) is 0.458. The van der Waals surface area contributed by atoms with Gasteiger partial charge in [-0.3, -0.25) is 0 Å². The number of nitrogens with zero attached hydrogens (tertiary/aromatic N) is 1. The molecule has 0 atom stereocenters. The first-order valence-electron chi connectivity index (χ1n) is 2.27. The van der Waals surface area contributed by atoms with Crippen molar-refractivity contribution in [3.05, 3.63) is 11.4 Å². The van der Waals surface area contributed by atoms with Gasteiger partial charge in [-0.2, -0.15) is 0 Å². The van der Waals surface area contributed by atoms with Crippen molar-refractivity contribution in [3.63, 3.8) is 0 Å². The second-order valence-electron chi connectivity index (χ2n) is 1.61. The Balaban J connectivity index is 2.79. The van der Waals surface area contributed by atoms with Crippen molar-refractivity contribution in [2.24, 2.45) is 0 Å². The fourth-order valence-electron chi connectivity index (χ4n) is 0.427. The third-order valence-corrected chi connectivity index (χ3v) is 1.08. The van der Waals surface area contributed by atoms with Crippen LogP contribution in [0.3, 0.4) is 0 Å². The van der Waals surface area contributed by atoms with Gasteiger partial charge < -0.3 is 0 Å². The monoisotopic (exact) mass is 96.1 g/mol. The molecule has 7 heavy (non-hydrogen) atoms. The van der Waals surface area contributed by atoms with Crippen LogP contribution in [0.4, 0.5) is 0 Å². The Morgan fingerprint density at radius 2 is 2.29 bits per heavy atom. The highest BCUT2D eigenvalue weighted by Gasteiger charge is 2.07. The number of allylic oxidation sites excluding steroid dienone is 2. The summed E-state index contributed by atoms with van der Waals surface area (Å²) >= 11 is 0. The van der Waals surface area contributed by atoms with E-state index in [-0.39, 0.29) is 0 Å². The fourth-order valence-corrected chi connectivity index (χ4v) is 0.427. The Hall–Kier alpha value is -0.790. The van der Waals surface area contributed by atoms with Crippen molar-refractivity contribution >= 4 is 6.34 Å². The first kappa shape index (κ1) is 4.37.